The van der Waals surface area contributed by atoms with Gasteiger partial charge in [0.05, 0.1) is 10.0 Å². The summed E-state index contributed by atoms with van der Waals surface area (Å²) in [7, 11) is 0. The van der Waals surface area contributed by atoms with Crippen molar-refractivity contribution < 1.29 is 0 Å². The molecule has 0 amide bonds. The number of nitrogens with one attached hydrogen (secondary N) is 1. The summed E-state index contributed by atoms with van der Waals surface area (Å²) in [6.07, 6.45) is 2.81. The van der Waals surface area contributed by atoms with E-state index in [0.29, 0.717) is 10.0 Å². The minimum absolute atomic E-state index is 0.635. The Morgan fingerprint density at radius 2 is 2.12 bits per heavy atom. The molecule has 0 aromatic heterocycles. The smallest absolute Gasteiger partial charge is 0.0637 e. The maximum atomic E-state index is 6.11. The van der Waals surface area contributed by atoms with E-state index in [0.717, 1.165) is 30.5 Å². The van der Waals surface area contributed by atoms with Crippen LogP contribution in [0.2, 0.25) is 10.0 Å². The van der Waals surface area contributed by atoms with Crippen LogP contribution in [0.4, 0.5) is 0 Å². The van der Waals surface area contributed by atoms with Gasteiger partial charge in [-0.25, -0.2) is 0 Å². The number of benzene rings is 1. The van der Waals surface area contributed by atoms with Crippen LogP contribution in [0, 0.1) is 11.8 Å². The highest BCUT2D eigenvalue weighted by atomic mass is 35.5. The second-order valence-electron chi connectivity index (χ2n) is 4.66. The van der Waals surface area contributed by atoms with Crippen molar-refractivity contribution in [3.8, 4) is 0 Å². The van der Waals surface area contributed by atoms with Crippen LogP contribution in [0.1, 0.15) is 25.3 Å². The van der Waals surface area contributed by atoms with E-state index >= 15 is 0 Å². The molecule has 1 aromatic carbocycles. The van der Waals surface area contributed by atoms with Gasteiger partial charge in [0.25, 0.3) is 0 Å². The first-order chi connectivity index (χ1) is 7.68. The fourth-order valence-corrected chi connectivity index (χ4v) is 2.34. The zero-order chi connectivity index (χ0) is 11.5. The highest BCUT2D eigenvalue weighted by molar-refractivity contribution is 6.42. The Morgan fingerprint density at radius 1 is 1.38 bits per heavy atom. The summed E-state index contributed by atoms with van der Waals surface area (Å²) < 4.78 is 0. The summed E-state index contributed by atoms with van der Waals surface area (Å²) in [6.45, 7) is 4.17. The molecule has 1 saturated carbocycles. The highest BCUT2D eigenvalue weighted by Crippen LogP contribution is 2.36. The molecule has 1 aromatic rings. The fraction of sp³-hybridized carbons (Fsp3) is 0.538. The molecule has 1 aliphatic rings. The third-order valence-electron chi connectivity index (χ3n) is 3.24. The molecule has 1 atom stereocenters. The molecule has 0 radical (unpaired) electrons. The van der Waals surface area contributed by atoms with Crippen LogP contribution < -0.4 is 5.32 Å². The Bertz CT molecular complexity index is 361. The second-order valence-corrected chi connectivity index (χ2v) is 5.44. The predicted octanol–water partition coefficient (Wildman–Crippen LogP) is 4.13. The molecular formula is C13H17Cl2N. The van der Waals surface area contributed by atoms with Gasteiger partial charge in [-0.1, -0.05) is 42.3 Å². The van der Waals surface area contributed by atoms with Gasteiger partial charge >= 0.3 is 0 Å². The number of hydrogen-bond donors (Lipinski definition) is 1. The van der Waals surface area contributed by atoms with Crippen LogP contribution in [0.5, 0.6) is 0 Å². The summed E-state index contributed by atoms with van der Waals surface area (Å²) in [5, 5.41) is 4.76. The van der Waals surface area contributed by atoms with Crippen molar-refractivity contribution in [1.29, 1.82) is 0 Å². The van der Waals surface area contributed by atoms with E-state index < -0.39 is 0 Å². The minimum Gasteiger partial charge on any atom is -0.312 e. The Kier molecular flexibility index (Phi) is 4.12. The Balaban J connectivity index is 1.82. The van der Waals surface area contributed by atoms with E-state index in [2.05, 4.69) is 12.2 Å². The minimum atomic E-state index is 0.635. The molecule has 1 unspecified atom stereocenters. The first kappa shape index (κ1) is 12.2. The summed E-state index contributed by atoms with van der Waals surface area (Å²) >= 11 is 12.1. The number of rotatable bonds is 5. The predicted molar refractivity (Wildman–Crippen MR) is 70.1 cm³/mol. The topological polar surface area (TPSA) is 12.0 Å². The highest BCUT2D eigenvalue weighted by Gasteiger charge is 2.27. The summed E-state index contributed by atoms with van der Waals surface area (Å²) in [4.78, 5) is 0. The molecular weight excluding hydrogens is 241 g/mol. The van der Waals surface area contributed by atoms with Gasteiger partial charge in [-0.2, -0.15) is 0 Å². The first-order valence-electron chi connectivity index (χ1n) is 5.82. The van der Waals surface area contributed by atoms with Gasteiger partial charge in [0.1, 0.15) is 0 Å². The zero-order valence-electron chi connectivity index (χ0n) is 9.47. The quantitative estimate of drug-likeness (QED) is 0.837. The molecule has 2 rings (SSSR count). The maximum absolute atomic E-state index is 6.11. The third-order valence-corrected chi connectivity index (χ3v) is 4.10. The van der Waals surface area contributed by atoms with E-state index in [-0.39, 0.29) is 0 Å². The van der Waals surface area contributed by atoms with Gasteiger partial charge in [0.15, 0.2) is 0 Å². The number of halogens is 2. The second kappa shape index (κ2) is 5.39. The molecule has 0 heterocycles. The Morgan fingerprint density at radius 3 is 2.81 bits per heavy atom. The molecule has 1 N–H and O–H groups in total. The van der Waals surface area contributed by atoms with Crippen LogP contribution in [-0.2, 0) is 6.54 Å². The van der Waals surface area contributed by atoms with Crippen molar-refractivity contribution in [3.63, 3.8) is 0 Å². The van der Waals surface area contributed by atoms with Gasteiger partial charge in [0.2, 0.25) is 0 Å². The lowest BCUT2D eigenvalue weighted by Gasteiger charge is -2.12. The fourth-order valence-electron chi connectivity index (χ4n) is 1.95. The lowest BCUT2D eigenvalue weighted by molar-refractivity contribution is 0.461. The van der Waals surface area contributed by atoms with Crippen molar-refractivity contribution >= 4 is 23.2 Å². The largest absolute Gasteiger partial charge is 0.312 e. The number of hydrogen-bond acceptors (Lipinski definition) is 1. The van der Waals surface area contributed by atoms with Gasteiger partial charge < -0.3 is 5.32 Å². The van der Waals surface area contributed by atoms with E-state index in [1.807, 2.05) is 18.2 Å². The molecule has 16 heavy (non-hydrogen) atoms. The third kappa shape index (κ3) is 3.13. The lowest BCUT2D eigenvalue weighted by atomic mass is 10.1. The Labute approximate surface area is 107 Å². The van der Waals surface area contributed by atoms with Gasteiger partial charge in [-0.15, -0.1) is 0 Å². The summed E-state index contributed by atoms with van der Waals surface area (Å²) in [5.74, 6) is 1.72. The van der Waals surface area contributed by atoms with E-state index in [1.54, 1.807) is 0 Å². The van der Waals surface area contributed by atoms with Gasteiger partial charge in [-0.05, 0) is 42.9 Å². The molecule has 88 valence electrons. The van der Waals surface area contributed by atoms with Crippen molar-refractivity contribution in [3.05, 3.63) is 33.8 Å². The van der Waals surface area contributed by atoms with Crippen LogP contribution in [0.3, 0.4) is 0 Å². The van der Waals surface area contributed by atoms with Crippen LogP contribution in [0.25, 0.3) is 0 Å². The molecule has 0 bridgehead atoms. The average Bonchev–Trinajstić information content (AvgIpc) is 3.07. The molecule has 0 saturated heterocycles. The van der Waals surface area contributed by atoms with E-state index in [4.69, 9.17) is 23.2 Å². The van der Waals surface area contributed by atoms with Crippen molar-refractivity contribution in [1.82, 2.24) is 5.32 Å². The zero-order valence-corrected chi connectivity index (χ0v) is 11.0. The summed E-state index contributed by atoms with van der Waals surface area (Å²) in [6, 6.07) is 5.78. The monoisotopic (exact) mass is 257 g/mol. The SMILES string of the molecule is CC(CNCc1cccc(Cl)c1Cl)C1CC1. The first-order valence-corrected chi connectivity index (χ1v) is 6.57. The summed E-state index contributed by atoms with van der Waals surface area (Å²) in [5.41, 5.74) is 1.08. The normalized spacial score (nSPS) is 17.4. The van der Waals surface area contributed by atoms with Crippen LogP contribution >= 0.6 is 23.2 Å². The molecule has 1 nitrogen and oxygen atoms in total. The van der Waals surface area contributed by atoms with Crippen LogP contribution in [-0.4, -0.2) is 6.54 Å². The lowest BCUT2D eigenvalue weighted by Crippen LogP contribution is -2.21. The molecule has 1 fully saturated rings. The van der Waals surface area contributed by atoms with Gasteiger partial charge in [0, 0.05) is 6.54 Å². The van der Waals surface area contributed by atoms with E-state index in [1.165, 1.54) is 12.8 Å². The van der Waals surface area contributed by atoms with Gasteiger partial charge in [-0.3, -0.25) is 0 Å². The molecule has 3 heteroatoms. The van der Waals surface area contributed by atoms with E-state index in [9.17, 15) is 0 Å². The standard InChI is InChI=1S/C13H17Cl2N/c1-9(10-5-6-10)7-16-8-11-3-2-4-12(14)13(11)15/h2-4,9-10,16H,5-8H2,1H3. The Hall–Kier alpha value is -0.240. The van der Waals surface area contributed by atoms with Crippen LogP contribution in [0.15, 0.2) is 18.2 Å². The van der Waals surface area contributed by atoms with Crippen molar-refractivity contribution in [2.45, 2.75) is 26.3 Å². The average molecular weight is 258 g/mol. The van der Waals surface area contributed by atoms with Crippen molar-refractivity contribution in [2.24, 2.45) is 11.8 Å². The van der Waals surface area contributed by atoms with Crippen molar-refractivity contribution in [2.75, 3.05) is 6.54 Å². The molecule has 0 spiro atoms. The molecule has 1 aliphatic carbocycles. The maximum Gasteiger partial charge on any atom is 0.0637 e. The molecule has 0 aliphatic heterocycles.